The highest BCUT2D eigenvalue weighted by atomic mass is 79.9. The molecule has 0 unspecified atom stereocenters. The number of benzene rings is 1. The Balaban J connectivity index is 2.16. The van der Waals surface area contributed by atoms with E-state index >= 15 is 0 Å². The van der Waals surface area contributed by atoms with Crippen molar-refractivity contribution in [3.05, 3.63) is 40.6 Å². The number of nitrogens with zero attached hydrogens (tertiary/aromatic N) is 1. The van der Waals surface area contributed by atoms with E-state index in [1.165, 1.54) is 6.07 Å². The molecular formula is C13H14BrFN2O. The second kappa shape index (κ2) is 6.11. The summed E-state index contributed by atoms with van der Waals surface area (Å²) in [6.07, 6.45) is 3.36. The molecule has 1 N–H and O–H groups in total. The van der Waals surface area contributed by atoms with Crippen molar-refractivity contribution in [2.24, 2.45) is 0 Å². The van der Waals surface area contributed by atoms with E-state index in [9.17, 15) is 4.39 Å². The molecule has 3 nitrogen and oxygen atoms in total. The molecule has 0 saturated carbocycles. The predicted octanol–water partition coefficient (Wildman–Crippen LogP) is 3.40. The molecule has 1 aromatic heterocycles. The van der Waals surface area contributed by atoms with E-state index in [1.54, 1.807) is 18.3 Å². The van der Waals surface area contributed by atoms with Gasteiger partial charge in [-0.2, -0.15) is 0 Å². The fourth-order valence-corrected chi connectivity index (χ4v) is 2.12. The predicted molar refractivity (Wildman–Crippen MR) is 71.8 cm³/mol. The molecular weight excluding hydrogens is 299 g/mol. The Morgan fingerprint density at radius 1 is 1.44 bits per heavy atom. The Kier molecular flexibility index (Phi) is 4.49. The van der Waals surface area contributed by atoms with Crippen LogP contribution in [-0.2, 0) is 6.42 Å². The summed E-state index contributed by atoms with van der Waals surface area (Å²) in [5.41, 5.74) is 0.683. The van der Waals surface area contributed by atoms with Crippen molar-refractivity contribution in [1.29, 1.82) is 0 Å². The zero-order valence-electron chi connectivity index (χ0n) is 10.0. The van der Waals surface area contributed by atoms with Gasteiger partial charge in [0, 0.05) is 12.0 Å². The number of hydrogen-bond donors (Lipinski definition) is 1. The molecule has 0 spiro atoms. The molecule has 0 radical (unpaired) electrons. The van der Waals surface area contributed by atoms with Gasteiger partial charge < -0.3 is 9.73 Å². The average Bonchev–Trinajstić information content (AvgIpc) is 2.82. The Bertz CT molecular complexity index is 527. The van der Waals surface area contributed by atoms with E-state index in [0.29, 0.717) is 21.7 Å². The molecule has 0 fully saturated rings. The summed E-state index contributed by atoms with van der Waals surface area (Å²) < 4.78 is 19.4. The maximum Gasteiger partial charge on any atom is 0.194 e. The first kappa shape index (κ1) is 13.2. The topological polar surface area (TPSA) is 38.1 Å². The van der Waals surface area contributed by atoms with Crippen molar-refractivity contribution < 1.29 is 8.81 Å². The van der Waals surface area contributed by atoms with Crippen LogP contribution in [0.15, 0.2) is 33.3 Å². The zero-order chi connectivity index (χ0) is 13.0. The number of oxazole rings is 1. The van der Waals surface area contributed by atoms with Gasteiger partial charge in [-0.25, -0.2) is 9.37 Å². The molecule has 2 rings (SSSR count). The van der Waals surface area contributed by atoms with Gasteiger partial charge in [-0.05, 0) is 48.1 Å². The van der Waals surface area contributed by atoms with E-state index < -0.39 is 0 Å². The summed E-state index contributed by atoms with van der Waals surface area (Å²) in [6, 6.07) is 4.85. The van der Waals surface area contributed by atoms with Gasteiger partial charge in [0.05, 0.1) is 10.7 Å². The zero-order valence-corrected chi connectivity index (χ0v) is 11.6. The first-order chi connectivity index (χ1) is 8.72. The monoisotopic (exact) mass is 312 g/mol. The third-order valence-electron chi connectivity index (χ3n) is 2.59. The molecule has 18 heavy (non-hydrogen) atoms. The van der Waals surface area contributed by atoms with Gasteiger partial charge in [0.1, 0.15) is 5.82 Å². The molecule has 0 amide bonds. The highest BCUT2D eigenvalue weighted by Crippen LogP contribution is 2.30. The van der Waals surface area contributed by atoms with Gasteiger partial charge in [0.15, 0.2) is 11.7 Å². The van der Waals surface area contributed by atoms with Gasteiger partial charge >= 0.3 is 0 Å². The van der Waals surface area contributed by atoms with Crippen LogP contribution in [0.4, 0.5) is 4.39 Å². The highest BCUT2D eigenvalue weighted by Gasteiger charge is 2.12. The number of halogens is 2. The van der Waals surface area contributed by atoms with Crippen molar-refractivity contribution in [2.45, 2.75) is 12.8 Å². The number of aryl methyl sites for hydroxylation is 1. The summed E-state index contributed by atoms with van der Waals surface area (Å²) in [6.45, 7) is 0.918. The third-order valence-corrected chi connectivity index (χ3v) is 3.39. The first-order valence-corrected chi connectivity index (χ1v) is 6.55. The Morgan fingerprint density at radius 2 is 2.28 bits per heavy atom. The van der Waals surface area contributed by atoms with Gasteiger partial charge in [-0.3, -0.25) is 0 Å². The van der Waals surface area contributed by atoms with E-state index in [-0.39, 0.29) is 5.82 Å². The fraction of sp³-hybridized carbons (Fsp3) is 0.308. The first-order valence-electron chi connectivity index (χ1n) is 5.76. The van der Waals surface area contributed by atoms with E-state index in [2.05, 4.69) is 26.2 Å². The van der Waals surface area contributed by atoms with Crippen LogP contribution in [0.1, 0.15) is 12.3 Å². The van der Waals surface area contributed by atoms with Crippen LogP contribution >= 0.6 is 15.9 Å². The van der Waals surface area contributed by atoms with Crippen LogP contribution < -0.4 is 5.32 Å². The molecule has 5 heteroatoms. The molecule has 0 aliphatic carbocycles. The lowest BCUT2D eigenvalue weighted by atomic mass is 10.2. The standard InChI is InChI=1S/C13H14BrFN2O/c1-16-7-3-6-12-17-8-11(18-12)9-4-2-5-10(15)13(9)14/h2,4-5,8,16H,3,6-7H2,1H3. The van der Waals surface area contributed by atoms with E-state index in [1.807, 2.05) is 7.05 Å². The molecule has 0 saturated heterocycles. The number of nitrogens with one attached hydrogen (secondary N) is 1. The normalized spacial score (nSPS) is 10.8. The minimum atomic E-state index is -0.305. The van der Waals surface area contributed by atoms with Crippen molar-refractivity contribution in [3.8, 4) is 11.3 Å². The summed E-state index contributed by atoms with van der Waals surface area (Å²) in [7, 11) is 1.91. The largest absolute Gasteiger partial charge is 0.441 e. The molecule has 0 atom stereocenters. The van der Waals surface area contributed by atoms with Crippen molar-refractivity contribution in [3.63, 3.8) is 0 Å². The molecule has 1 heterocycles. The number of aromatic nitrogens is 1. The van der Waals surface area contributed by atoms with E-state index in [4.69, 9.17) is 4.42 Å². The molecule has 0 aliphatic rings. The second-order valence-electron chi connectivity index (χ2n) is 3.93. The van der Waals surface area contributed by atoms with Gasteiger partial charge in [0.2, 0.25) is 0 Å². The van der Waals surface area contributed by atoms with Gasteiger partial charge in [-0.15, -0.1) is 0 Å². The molecule has 96 valence electrons. The number of hydrogen-bond acceptors (Lipinski definition) is 3. The lowest BCUT2D eigenvalue weighted by molar-refractivity contribution is 0.494. The summed E-state index contributed by atoms with van der Waals surface area (Å²) in [5, 5.41) is 3.07. The average molecular weight is 313 g/mol. The molecule has 2 aromatic rings. The van der Waals surface area contributed by atoms with Crippen LogP contribution in [-0.4, -0.2) is 18.6 Å². The smallest absolute Gasteiger partial charge is 0.194 e. The van der Waals surface area contributed by atoms with Crippen LogP contribution in [0.2, 0.25) is 0 Å². The van der Waals surface area contributed by atoms with Gasteiger partial charge in [0.25, 0.3) is 0 Å². The summed E-state index contributed by atoms with van der Waals surface area (Å²) in [4.78, 5) is 4.20. The van der Waals surface area contributed by atoms with Crippen LogP contribution in [0.5, 0.6) is 0 Å². The quantitative estimate of drug-likeness (QED) is 0.860. The second-order valence-corrected chi connectivity index (χ2v) is 4.72. The SMILES string of the molecule is CNCCCc1ncc(-c2cccc(F)c2Br)o1. The minimum Gasteiger partial charge on any atom is -0.441 e. The fourth-order valence-electron chi connectivity index (χ4n) is 1.66. The van der Waals surface area contributed by atoms with Crippen LogP contribution in [0.25, 0.3) is 11.3 Å². The summed E-state index contributed by atoms with van der Waals surface area (Å²) >= 11 is 3.22. The maximum atomic E-state index is 13.4. The van der Waals surface area contributed by atoms with Crippen molar-refractivity contribution in [1.82, 2.24) is 10.3 Å². The van der Waals surface area contributed by atoms with Crippen molar-refractivity contribution in [2.75, 3.05) is 13.6 Å². The third kappa shape index (κ3) is 2.97. The van der Waals surface area contributed by atoms with Crippen LogP contribution in [0.3, 0.4) is 0 Å². The van der Waals surface area contributed by atoms with Gasteiger partial charge in [-0.1, -0.05) is 6.07 Å². The number of rotatable bonds is 5. The Morgan fingerprint density at radius 3 is 3.06 bits per heavy atom. The van der Waals surface area contributed by atoms with Crippen molar-refractivity contribution >= 4 is 15.9 Å². The lowest BCUT2D eigenvalue weighted by Crippen LogP contribution is -2.08. The molecule has 0 bridgehead atoms. The highest BCUT2D eigenvalue weighted by molar-refractivity contribution is 9.10. The molecule has 1 aromatic carbocycles. The Hall–Kier alpha value is -1.20. The Labute approximate surface area is 114 Å². The summed E-state index contributed by atoms with van der Waals surface area (Å²) in [5.74, 6) is 0.956. The minimum absolute atomic E-state index is 0.305. The van der Waals surface area contributed by atoms with Crippen LogP contribution in [0, 0.1) is 5.82 Å². The maximum absolute atomic E-state index is 13.4. The lowest BCUT2D eigenvalue weighted by Gasteiger charge is -2.01. The molecule has 0 aliphatic heterocycles. The van der Waals surface area contributed by atoms with E-state index in [0.717, 1.165) is 19.4 Å².